The van der Waals surface area contributed by atoms with Crippen LogP contribution in [0.5, 0.6) is 11.5 Å². The molecule has 0 fully saturated rings. The van der Waals surface area contributed by atoms with E-state index in [2.05, 4.69) is 10.5 Å². The van der Waals surface area contributed by atoms with Crippen molar-refractivity contribution in [2.75, 3.05) is 6.61 Å². The number of nitrogens with one attached hydrogen (secondary N) is 1. The molecule has 8 nitrogen and oxygen atoms in total. The number of rotatable bonds is 4. The Morgan fingerprint density at radius 2 is 1.88 bits per heavy atom. The second kappa shape index (κ2) is 7.00. The van der Waals surface area contributed by atoms with Crippen LogP contribution in [-0.4, -0.2) is 29.3 Å². The van der Waals surface area contributed by atoms with Crippen molar-refractivity contribution in [3.63, 3.8) is 0 Å². The van der Waals surface area contributed by atoms with E-state index < -0.39 is 16.9 Å². The number of benzene rings is 2. The fourth-order valence-corrected chi connectivity index (χ4v) is 2.36. The number of nitro groups is 1. The molecule has 0 unspecified atom stereocenters. The minimum absolute atomic E-state index is 0.0584. The highest BCUT2D eigenvalue weighted by molar-refractivity contribution is 6.02. The van der Waals surface area contributed by atoms with Gasteiger partial charge in [0.15, 0.2) is 11.5 Å². The third kappa shape index (κ3) is 3.57. The maximum atomic E-state index is 12.2. The summed E-state index contributed by atoms with van der Waals surface area (Å²) in [6, 6.07) is 13.2. The first-order valence-electron chi connectivity index (χ1n) is 7.52. The van der Waals surface area contributed by atoms with Gasteiger partial charge in [-0.2, -0.15) is 5.10 Å². The van der Waals surface area contributed by atoms with E-state index in [1.54, 1.807) is 43.3 Å². The Bertz CT molecular complexity index is 850. The highest BCUT2D eigenvalue weighted by Crippen LogP contribution is 2.30. The number of carbonyl (C=O) groups excluding carboxylic acids is 1. The summed E-state index contributed by atoms with van der Waals surface area (Å²) in [5, 5.41) is 15.0. The summed E-state index contributed by atoms with van der Waals surface area (Å²) in [5.41, 5.74) is 2.94. The van der Waals surface area contributed by atoms with E-state index in [9.17, 15) is 14.9 Å². The average molecular weight is 341 g/mol. The van der Waals surface area contributed by atoms with Crippen LogP contribution in [0.1, 0.15) is 12.5 Å². The van der Waals surface area contributed by atoms with Crippen LogP contribution in [0.2, 0.25) is 0 Å². The molecule has 0 aromatic heterocycles. The van der Waals surface area contributed by atoms with Crippen molar-refractivity contribution in [1.82, 2.24) is 5.43 Å². The van der Waals surface area contributed by atoms with Crippen molar-refractivity contribution in [3.05, 3.63) is 64.2 Å². The number of amides is 1. The van der Waals surface area contributed by atoms with Gasteiger partial charge in [0.1, 0.15) is 6.61 Å². The first kappa shape index (κ1) is 16.4. The lowest BCUT2D eigenvalue weighted by Gasteiger charge is -2.24. The van der Waals surface area contributed by atoms with Crippen LogP contribution in [0.3, 0.4) is 0 Å². The lowest BCUT2D eigenvalue weighted by atomic mass is 10.1. The predicted molar refractivity (Wildman–Crippen MR) is 89.8 cm³/mol. The van der Waals surface area contributed by atoms with Gasteiger partial charge in [-0.3, -0.25) is 14.9 Å². The Morgan fingerprint density at radius 1 is 1.20 bits per heavy atom. The Labute approximate surface area is 143 Å². The molecule has 2 aromatic carbocycles. The molecule has 0 bridgehead atoms. The topological polar surface area (TPSA) is 103 Å². The zero-order valence-corrected chi connectivity index (χ0v) is 13.3. The maximum absolute atomic E-state index is 12.2. The van der Waals surface area contributed by atoms with Gasteiger partial charge in [0.05, 0.1) is 16.2 Å². The van der Waals surface area contributed by atoms with Gasteiger partial charge in [0, 0.05) is 6.07 Å². The largest absolute Gasteiger partial charge is 0.485 e. The van der Waals surface area contributed by atoms with Crippen LogP contribution in [0.15, 0.2) is 53.6 Å². The van der Waals surface area contributed by atoms with Crippen LogP contribution in [0.25, 0.3) is 0 Å². The molecule has 1 atom stereocenters. The molecule has 8 heteroatoms. The van der Waals surface area contributed by atoms with Gasteiger partial charge < -0.3 is 9.47 Å². The zero-order valence-electron chi connectivity index (χ0n) is 13.3. The Kier molecular flexibility index (Phi) is 4.60. The molecule has 1 heterocycles. The third-order valence-electron chi connectivity index (χ3n) is 3.63. The van der Waals surface area contributed by atoms with E-state index in [4.69, 9.17) is 9.47 Å². The summed E-state index contributed by atoms with van der Waals surface area (Å²) in [7, 11) is 0. The van der Waals surface area contributed by atoms with Crippen LogP contribution >= 0.6 is 0 Å². The number of hydrogen-bond acceptors (Lipinski definition) is 6. The Morgan fingerprint density at radius 3 is 2.64 bits per heavy atom. The number of fused-ring (bicyclic) bond motifs is 1. The second-order valence-corrected chi connectivity index (χ2v) is 5.31. The van der Waals surface area contributed by atoms with Gasteiger partial charge in [-0.25, -0.2) is 5.43 Å². The first-order valence-corrected chi connectivity index (χ1v) is 7.52. The van der Waals surface area contributed by atoms with Gasteiger partial charge >= 0.3 is 0 Å². The molecule has 0 spiro atoms. The number of nitrogens with zero attached hydrogens (tertiary/aromatic N) is 2. The fourth-order valence-electron chi connectivity index (χ4n) is 2.36. The lowest BCUT2D eigenvalue weighted by Crippen LogP contribution is -2.42. The third-order valence-corrected chi connectivity index (χ3v) is 3.63. The summed E-state index contributed by atoms with van der Waals surface area (Å²) >= 11 is 0. The van der Waals surface area contributed by atoms with Gasteiger partial charge in [0.2, 0.25) is 6.10 Å². The lowest BCUT2D eigenvalue weighted by molar-refractivity contribution is -0.385. The van der Waals surface area contributed by atoms with Gasteiger partial charge in [-0.05, 0) is 25.1 Å². The molecule has 0 radical (unpaired) electrons. The van der Waals surface area contributed by atoms with Crippen molar-refractivity contribution in [1.29, 1.82) is 0 Å². The van der Waals surface area contributed by atoms with Crippen LogP contribution in [0.4, 0.5) is 5.69 Å². The quantitative estimate of drug-likeness (QED) is 0.522. The summed E-state index contributed by atoms with van der Waals surface area (Å²) in [5.74, 6) is 0.562. The molecule has 1 aliphatic rings. The molecule has 1 N–H and O–H groups in total. The van der Waals surface area contributed by atoms with E-state index in [0.717, 1.165) is 0 Å². The molecule has 25 heavy (non-hydrogen) atoms. The van der Waals surface area contributed by atoms with E-state index in [-0.39, 0.29) is 12.3 Å². The van der Waals surface area contributed by atoms with Crippen LogP contribution in [-0.2, 0) is 4.79 Å². The van der Waals surface area contributed by atoms with Crippen molar-refractivity contribution >= 4 is 17.3 Å². The second-order valence-electron chi connectivity index (χ2n) is 5.31. The zero-order chi connectivity index (χ0) is 17.8. The van der Waals surface area contributed by atoms with E-state index in [1.807, 2.05) is 6.07 Å². The predicted octanol–water partition coefficient (Wildman–Crippen LogP) is 2.27. The molecule has 2 aromatic rings. The number of hydrogen-bond donors (Lipinski definition) is 1. The normalized spacial score (nSPS) is 16.2. The Balaban J connectivity index is 1.70. The highest BCUT2D eigenvalue weighted by Gasteiger charge is 2.27. The van der Waals surface area contributed by atoms with Gasteiger partial charge in [-0.15, -0.1) is 0 Å². The fraction of sp³-hybridized carbons (Fsp3) is 0.176. The Hall–Kier alpha value is -3.42. The number of carbonyl (C=O) groups is 1. The molecule has 0 saturated heterocycles. The number of hydrazone groups is 1. The maximum Gasteiger partial charge on any atom is 0.284 e. The number of para-hydroxylation sites is 3. The molecule has 128 valence electrons. The summed E-state index contributed by atoms with van der Waals surface area (Å²) in [6.07, 6.45) is -0.850. The molecule has 0 aliphatic carbocycles. The van der Waals surface area contributed by atoms with Gasteiger partial charge in [-0.1, -0.05) is 24.3 Å². The SMILES string of the molecule is C/C(=N/NC(=O)[C@@H]1COc2ccccc2O1)c1ccccc1[N+](=O)[O-]. The monoisotopic (exact) mass is 341 g/mol. The van der Waals surface area contributed by atoms with Crippen LogP contribution in [0, 0.1) is 10.1 Å². The van der Waals surface area contributed by atoms with Gasteiger partial charge in [0.25, 0.3) is 11.6 Å². The summed E-state index contributed by atoms with van der Waals surface area (Å²) in [4.78, 5) is 22.8. The summed E-state index contributed by atoms with van der Waals surface area (Å²) < 4.78 is 11.1. The van der Waals surface area contributed by atoms with Crippen molar-refractivity contribution in [2.24, 2.45) is 5.10 Å². The molecular formula is C17H15N3O5. The van der Waals surface area contributed by atoms with Crippen LogP contribution < -0.4 is 14.9 Å². The molecule has 1 aliphatic heterocycles. The smallest absolute Gasteiger partial charge is 0.284 e. The average Bonchev–Trinajstić information content (AvgIpc) is 2.65. The van der Waals surface area contributed by atoms with Crippen molar-refractivity contribution < 1.29 is 19.2 Å². The number of nitro benzene ring substituents is 1. The standard InChI is InChI=1S/C17H15N3O5/c1-11(12-6-2-3-7-13(12)20(22)23)18-19-17(21)16-10-24-14-8-4-5-9-15(14)25-16/h2-9,16H,10H2,1H3,(H,19,21)/b18-11-/t16-/m0/s1. The van der Waals surface area contributed by atoms with Crippen molar-refractivity contribution in [3.8, 4) is 11.5 Å². The number of ether oxygens (including phenoxy) is 2. The highest BCUT2D eigenvalue weighted by atomic mass is 16.6. The summed E-state index contributed by atoms with van der Waals surface area (Å²) in [6.45, 7) is 1.64. The molecule has 0 saturated carbocycles. The first-order chi connectivity index (χ1) is 12.1. The van der Waals surface area contributed by atoms with E-state index in [1.165, 1.54) is 6.07 Å². The van der Waals surface area contributed by atoms with E-state index >= 15 is 0 Å². The van der Waals surface area contributed by atoms with Crippen molar-refractivity contribution in [2.45, 2.75) is 13.0 Å². The molecule has 1 amide bonds. The van der Waals surface area contributed by atoms with E-state index in [0.29, 0.717) is 22.8 Å². The minimum Gasteiger partial charge on any atom is -0.485 e. The molecule has 3 rings (SSSR count). The molecular weight excluding hydrogens is 326 g/mol. The minimum atomic E-state index is -0.850.